The lowest BCUT2D eigenvalue weighted by Gasteiger charge is -2.35. The standard InChI is InChI=1S/C33H34N2O7S/c1-4-42-33(37)28(18-22-13-14-23-9-5-6-10-24(23)17-22)34-32(36)29-19-25-11-7-8-12-26(25)21-35(29)43(38,39)27-15-16-30(40-2)31(20-27)41-3/h5-17,20,28-29H,4,18-19,21H2,1-3H3,(H,34,36)/t28?,29-/m0/s1. The summed E-state index contributed by atoms with van der Waals surface area (Å²) >= 11 is 0. The smallest absolute Gasteiger partial charge is 0.328 e. The molecule has 0 aliphatic carbocycles. The Morgan fingerprint density at radius 1 is 0.884 bits per heavy atom. The Kier molecular flexibility index (Phi) is 8.98. The Bertz CT molecular complexity index is 1760. The van der Waals surface area contributed by atoms with Gasteiger partial charge in [-0.15, -0.1) is 0 Å². The SMILES string of the molecule is CCOC(=O)C(Cc1ccc2ccccc2c1)NC(=O)[C@@H]1Cc2ccccc2CN1S(=O)(=O)c1ccc(OC)c(OC)c1. The molecule has 1 unspecified atom stereocenters. The van der Waals surface area contributed by atoms with Gasteiger partial charge in [-0.1, -0.05) is 66.7 Å². The van der Waals surface area contributed by atoms with Gasteiger partial charge in [0.2, 0.25) is 15.9 Å². The molecule has 0 radical (unpaired) electrons. The largest absolute Gasteiger partial charge is 0.493 e. The van der Waals surface area contributed by atoms with E-state index in [0.717, 1.165) is 27.5 Å². The number of carbonyl (C=O) groups excluding carboxylic acids is 2. The monoisotopic (exact) mass is 602 g/mol. The number of hydrogen-bond acceptors (Lipinski definition) is 7. The second kappa shape index (κ2) is 12.8. The van der Waals surface area contributed by atoms with Crippen LogP contribution in [0.3, 0.4) is 0 Å². The molecule has 0 aromatic heterocycles. The molecule has 0 spiro atoms. The lowest BCUT2D eigenvalue weighted by Crippen LogP contribution is -2.56. The van der Waals surface area contributed by atoms with Gasteiger partial charge in [-0.2, -0.15) is 4.31 Å². The van der Waals surface area contributed by atoms with Crippen LogP contribution in [0.4, 0.5) is 0 Å². The van der Waals surface area contributed by atoms with Gasteiger partial charge in [0, 0.05) is 19.0 Å². The number of esters is 1. The first kappa shape index (κ1) is 30.1. The molecule has 4 aromatic carbocycles. The van der Waals surface area contributed by atoms with Crippen LogP contribution in [0.15, 0.2) is 89.8 Å². The van der Waals surface area contributed by atoms with Gasteiger partial charge in [0.1, 0.15) is 12.1 Å². The maximum absolute atomic E-state index is 14.1. The van der Waals surface area contributed by atoms with Crippen molar-refractivity contribution < 1.29 is 32.2 Å². The van der Waals surface area contributed by atoms with E-state index in [1.165, 1.54) is 36.7 Å². The summed E-state index contributed by atoms with van der Waals surface area (Å²) in [5, 5.41) is 4.89. The molecule has 0 saturated carbocycles. The number of methoxy groups -OCH3 is 2. The number of sulfonamides is 1. The van der Waals surface area contributed by atoms with E-state index in [-0.39, 0.29) is 36.6 Å². The van der Waals surface area contributed by atoms with Gasteiger partial charge in [0.05, 0.1) is 25.7 Å². The van der Waals surface area contributed by atoms with Crippen LogP contribution in [0.25, 0.3) is 10.8 Å². The normalized spacial score (nSPS) is 15.7. The second-order valence-electron chi connectivity index (χ2n) is 10.3. The molecule has 1 N–H and O–H groups in total. The molecule has 0 fully saturated rings. The van der Waals surface area contributed by atoms with E-state index in [4.69, 9.17) is 14.2 Å². The summed E-state index contributed by atoms with van der Waals surface area (Å²) in [4.78, 5) is 27.0. The van der Waals surface area contributed by atoms with Crippen LogP contribution < -0.4 is 14.8 Å². The number of rotatable bonds is 10. The fraction of sp³-hybridized carbons (Fsp3) is 0.273. The molecule has 224 valence electrons. The molecule has 10 heteroatoms. The summed E-state index contributed by atoms with van der Waals surface area (Å²) in [6, 6.07) is 23.3. The number of hydrogen-bond donors (Lipinski definition) is 1. The van der Waals surface area contributed by atoms with Crippen molar-refractivity contribution in [2.24, 2.45) is 0 Å². The van der Waals surface area contributed by atoms with Crippen molar-refractivity contribution in [2.45, 2.75) is 43.3 Å². The van der Waals surface area contributed by atoms with Crippen molar-refractivity contribution in [1.29, 1.82) is 0 Å². The minimum atomic E-state index is -4.19. The molecule has 5 rings (SSSR count). The van der Waals surface area contributed by atoms with Crippen LogP contribution in [0.1, 0.15) is 23.6 Å². The van der Waals surface area contributed by atoms with E-state index in [1.807, 2.05) is 66.7 Å². The Morgan fingerprint density at radius 3 is 2.30 bits per heavy atom. The molecule has 1 aliphatic heterocycles. The summed E-state index contributed by atoms with van der Waals surface area (Å²) in [6.45, 7) is 1.82. The highest BCUT2D eigenvalue weighted by Gasteiger charge is 2.41. The van der Waals surface area contributed by atoms with Crippen molar-refractivity contribution in [2.75, 3.05) is 20.8 Å². The van der Waals surface area contributed by atoms with Gasteiger partial charge in [-0.05, 0) is 52.9 Å². The minimum absolute atomic E-state index is 0.0142. The maximum Gasteiger partial charge on any atom is 0.328 e. The summed E-state index contributed by atoms with van der Waals surface area (Å²) in [7, 11) is -1.30. The van der Waals surface area contributed by atoms with Gasteiger partial charge < -0.3 is 19.5 Å². The zero-order valence-corrected chi connectivity index (χ0v) is 25.1. The van der Waals surface area contributed by atoms with Crippen LogP contribution in [-0.2, 0) is 43.7 Å². The van der Waals surface area contributed by atoms with E-state index in [9.17, 15) is 18.0 Å². The highest BCUT2D eigenvalue weighted by molar-refractivity contribution is 7.89. The van der Waals surface area contributed by atoms with Gasteiger partial charge >= 0.3 is 5.97 Å². The number of carbonyl (C=O) groups is 2. The third kappa shape index (κ3) is 6.35. The van der Waals surface area contributed by atoms with Crippen molar-refractivity contribution >= 4 is 32.7 Å². The van der Waals surface area contributed by atoms with E-state index >= 15 is 0 Å². The first-order chi connectivity index (χ1) is 20.7. The molecule has 0 saturated heterocycles. The van der Waals surface area contributed by atoms with E-state index < -0.39 is 34.0 Å². The molecule has 1 amide bonds. The highest BCUT2D eigenvalue weighted by atomic mass is 32.2. The van der Waals surface area contributed by atoms with Crippen LogP contribution >= 0.6 is 0 Å². The second-order valence-corrected chi connectivity index (χ2v) is 12.1. The zero-order valence-electron chi connectivity index (χ0n) is 24.3. The van der Waals surface area contributed by atoms with Crippen LogP contribution in [0.5, 0.6) is 11.5 Å². The average Bonchev–Trinajstić information content (AvgIpc) is 3.03. The Balaban J connectivity index is 1.48. The van der Waals surface area contributed by atoms with Crippen molar-refractivity contribution in [3.63, 3.8) is 0 Å². The molecule has 2 atom stereocenters. The molecule has 1 heterocycles. The van der Waals surface area contributed by atoms with Crippen molar-refractivity contribution in [3.8, 4) is 11.5 Å². The van der Waals surface area contributed by atoms with E-state index in [0.29, 0.717) is 5.75 Å². The van der Waals surface area contributed by atoms with E-state index in [2.05, 4.69) is 5.32 Å². The first-order valence-electron chi connectivity index (χ1n) is 14.0. The third-order valence-corrected chi connectivity index (χ3v) is 9.46. The number of nitrogens with one attached hydrogen (secondary N) is 1. The minimum Gasteiger partial charge on any atom is -0.493 e. The summed E-state index contributed by atoms with van der Waals surface area (Å²) in [6.07, 6.45) is 0.321. The Morgan fingerprint density at radius 2 is 1.58 bits per heavy atom. The van der Waals surface area contributed by atoms with Gasteiger partial charge in [0.15, 0.2) is 11.5 Å². The summed E-state index contributed by atoms with van der Waals surface area (Å²) in [5.41, 5.74) is 2.50. The zero-order chi connectivity index (χ0) is 30.6. The van der Waals surface area contributed by atoms with Crippen LogP contribution in [0, 0.1) is 0 Å². The molecule has 4 aromatic rings. The molecule has 0 bridgehead atoms. The number of ether oxygens (including phenoxy) is 3. The average molecular weight is 603 g/mol. The number of amides is 1. The summed E-state index contributed by atoms with van der Waals surface area (Å²) in [5.74, 6) is -0.544. The summed E-state index contributed by atoms with van der Waals surface area (Å²) < 4.78 is 45.3. The number of fused-ring (bicyclic) bond motifs is 2. The van der Waals surface area contributed by atoms with Crippen molar-refractivity contribution in [1.82, 2.24) is 9.62 Å². The third-order valence-electron chi connectivity index (χ3n) is 7.61. The fourth-order valence-electron chi connectivity index (χ4n) is 5.39. The highest BCUT2D eigenvalue weighted by Crippen LogP contribution is 2.34. The molecule has 9 nitrogen and oxygen atoms in total. The fourth-order valence-corrected chi connectivity index (χ4v) is 6.97. The van der Waals surface area contributed by atoms with Crippen molar-refractivity contribution in [3.05, 3.63) is 102 Å². The number of benzene rings is 4. The number of nitrogens with zero attached hydrogens (tertiary/aromatic N) is 1. The molecular formula is C33H34N2O7S. The van der Waals surface area contributed by atoms with Gasteiger partial charge in [-0.3, -0.25) is 4.79 Å². The lowest BCUT2D eigenvalue weighted by molar-refractivity contribution is -0.147. The van der Waals surface area contributed by atoms with E-state index in [1.54, 1.807) is 6.92 Å². The predicted octanol–water partition coefficient (Wildman–Crippen LogP) is 4.26. The maximum atomic E-state index is 14.1. The quantitative estimate of drug-likeness (QED) is 0.270. The van der Waals surface area contributed by atoms with Gasteiger partial charge in [0.25, 0.3) is 0 Å². The molecular weight excluding hydrogens is 568 g/mol. The first-order valence-corrected chi connectivity index (χ1v) is 15.4. The predicted molar refractivity (Wildman–Crippen MR) is 162 cm³/mol. The molecule has 43 heavy (non-hydrogen) atoms. The Labute approximate surface area is 251 Å². The molecule has 1 aliphatic rings. The Hall–Kier alpha value is -4.41. The lowest BCUT2D eigenvalue weighted by atomic mass is 9.95. The van der Waals surface area contributed by atoms with Crippen LogP contribution in [-0.4, -0.2) is 57.5 Å². The van der Waals surface area contributed by atoms with Gasteiger partial charge in [-0.25, -0.2) is 13.2 Å². The van der Waals surface area contributed by atoms with Crippen LogP contribution in [0.2, 0.25) is 0 Å². The topological polar surface area (TPSA) is 111 Å².